The van der Waals surface area contributed by atoms with Crippen LogP contribution in [0.25, 0.3) is 0 Å². The molecule has 0 aliphatic rings. The van der Waals surface area contributed by atoms with Gasteiger partial charge in [0.15, 0.2) is 5.96 Å². The molecule has 0 aliphatic heterocycles. The number of guanidine groups is 1. The van der Waals surface area contributed by atoms with Crippen molar-refractivity contribution < 1.29 is 4.74 Å². The lowest BCUT2D eigenvalue weighted by molar-refractivity contribution is 0.326. The fourth-order valence-electron chi connectivity index (χ4n) is 2.21. The van der Waals surface area contributed by atoms with E-state index in [1.54, 1.807) is 17.5 Å². The molecule has 2 heterocycles. The van der Waals surface area contributed by atoms with Gasteiger partial charge < -0.3 is 15.4 Å². The van der Waals surface area contributed by atoms with Gasteiger partial charge in [0, 0.05) is 25.4 Å². The van der Waals surface area contributed by atoms with Crippen molar-refractivity contribution in [3.63, 3.8) is 0 Å². The van der Waals surface area contributed by atoms with E-state index in [2.05, 4.69) is 51.3 Å². The minimum absolute atomic E-state index is 0. The van der Waals surface area contributed by atoms with Gasteiger partial charge in [-0.05, 0) is 53.8 Å². The summed E-state index contributed by atoms with van der Waals surface area (Å²) >= 11 is 1.73. The zero-order valence-electron chi connectivity index (χ0n) is 15.0. The molecule has 138 valence electrons. The standard InChI is InChI=1S/C18H26N4OS.HI/c1-4-19-18(21-11-14(3)16-7-9-24-13-16)22-12-15-6-8-20-17(10-15)23-5-2;/h6-10,13-14H,4-5,11-12H2,1-3H3,(H2,19,21,22);1H. The first-order valence-corrected chi connectivity index (χ1v) is 9.29. The van der Waals surface area contributed by atoms with Crippen LogP contribution >= 0.6 is 35.3 Å². The Kier molecular flexibility index (Phi) is 10.5. The quantitative estimate of drug-likeness (QED) is 0.345. The lowest BCUT2D eigenvalue weighted by atomic mass is 10.1. The highest BCUT2D eigenvalue weighted by Gasteiger charge is 2.07. The largest absolute Gasteiger partial charge is 0.478 e. The molecular formula is C18H27IN4OS. The maximum Gasteiger partial charge on any atom is 0.213 e. The van der Waals surface area contributed by atoms with Gasteiger partial charge in [0.1, 0.15) is 0 Å². The highest BCUT2D eigenvalue weighted by atomic mass is 127. The van der Waals surface area contributed by atoms with Crippen LogP contribution in [-0.2, 0) is 6.54 Å². The van der Waals surface area contributed by atoms with Gasteiger partial charge in [-0.25, -0.2) is 9.98 Å². The third-order valence-corrected chi connectivity index (χ3v) is 4.24. The van der Waals surface area contributed by atoms with Crippen LogP contribution in [-0.4, -0.2) is 30.6 Å². The lowest BCUT2D eigenvalue weighted by Gasteiger charge is -2.15. The Balaban J connectivity index is 0.00000312. The number of halogens is 1. The van der Waals surface area contributed by atoms with Gasteiger partial charge in [-0.1, -0.05) is 6.92 Å². The van der Waals surface area contributed by atoms with Crippen LogP contribution in [0.3, 0.4) is 0 Å². The molecule has 2 aromatic rings. The summed E-state index contributed by atoms with van der Waals surface area (Å²) < 4.78 is 5.43. The molecule has 0 aliphatic carbocycles. The van der Waals surface area contributed by atoms with E-state index in [-0.39, 0.29) is 24.0 Å². The Hall–Kier alpha value is -1.35. The number of ether oxygens (including phenoxy) is 1. The van der Waals surface area contributed by atoms with Crippen LogP contribution in [0.4, 0.5) is 0 Å². The highest BCUT2D eigenvalue weighted by Crippen LogP contribution is 2.17. The van der Waals surface area contributed by atoms with Gasteiger partial charge in [0.05, 0.1) is 13.2 Å². The normalized spacial score (nSPS) is 12.2. The van der Waals surface area contributed by atoms with Crippen LogP contribution in [0, 0.1) is 0 Å². The van der Waals surface area contributed by atoms with Gasteiger partial charge >= 0.3 is 0 Å². The molecule has 0 aromatic carbocycles. The molecule has 0 saturated heterocycles. The average Bonchev–Trinajstić information content (AvgIpc) is 3.12. The third kappa shape index (κ3) is 7.60. The monoisotopic (exact) mass is 474 g/mol. The fourth-order valence-corrected chi connectivity index (χ4v) is 2.99. The van der Waals surface area contributed by atoms with Gasteiger partial charge in [-0.15, -0.1) is 24.0 Å². The van der Waals surface area contributed by atoms with E-state index in [1.807, 2.05) is 19.1 Å². The summed E-state index contributed by atoms with van der Waals surface area (Å²) in [5.41, 5.74) is 2.44. The zero-order chi connectivity index (χ0) is 17.2. The molecule has 2 N–H and O–H groups in total. The van der Waals surface area contributed by atoms with Crippen molar-refractivity contribution in [2.45, 2.75) is 33.2 Å². The molecule has 1 unspecified atom stereocenters. The zero-order valence-corrected chi connectivity index (χ0v) is 18.1. The first-order valence-electron chi connectivity index (χ1n) is 8.35. The number of aromatic nitrogens is 1. The number of thiophene rings is 1. The second-order valence-corrected chi connectivity index (χ2v) is 6.25. The molecule has 2 aromatic heterocycles. The Morgan fingerprint density at radius 2 is 2.16 bits per heavy atom. The van der Waals surface area contributed by atoms with E-state index < -0.39 is 0 Å². The maximum absolute atomic E-state index is 5.43. The van der Waals surface area contributed by atoms with Crippen molar-refractivity contribution in [3.05, 3.63) is 46.3 Å². The summed E-state index contributed by atoms with van der Waals surface area (Å²) in [6.07, 6.45) is 1.76. The second kappa shape index (κ2) is 12.1. The minimum atomic E-state index is 0. The number of nitrogens with zero attached hydrogens (tertiary/aromatic N) is 2. The summed E-state index contributed by atoms with van der Waals surface area (Å²) in [6.45, 7) is 9.13. The number of aliphatic imine (C=N–C) groups is 1. The van der Waals surface area contributed by atoms with Crippen molar-refractivity contribution in [1.82, 2.24) is 15.6 Å². The first kappa shape index (κ1) is 21.7. The SMILES string of the molecule is CCNC(=NCc1ccnc(OCC)c1)NCC(C)c1ccsc1.I. The molecular weight excluding hydrogens is 447 g/mol. The average molecular weight is 474 g/mol. The Bertz CT molecular complexity index is 634. The van der Waals surface area contributed by atoms with Crippen LogP contribution in [0.2, 0.25) is 0 Å². The number of hydrogen-bond donors (Lipinski definition) is 2. The smallest absolute Gasteiger partial charge is 0.213 e. The summed E-state index contributed by atoms with van der Waals surface area (Å²) in [7, 11) is 0. The van der Waals surface area contributed by atoms with E-state index in [9.17, 15) is 0 Å². The molecule has 0 radical (unpaired) electrons. The van der Waals surface area contributed by atoms with Gasteiger partial charge in [0.2, 0.25) is 5.88 Å². The van der Waals surface area contributed by atoms with E-state index in [4.69, 9.17) is 4.74 Å². The Morgan fingerprint density at radius 3 is 2.84 bits per heavy atom. The first-order chi connectivity index (χ1) is 11.7. The van der Waals surface area contributed by atoms with Gasteiger partial charge in [-0.2, -0.15) is 11.3 Å². The van der Waals surface area contributed by atoms with Crippen LogP contribution < -0.4 is 15.4 Å². The third-order valence-electron chi connectivity index (χ3n) is 3.54. The number of rotatable bonds is 8. The van der Waals surface area contributed by atoms with E-state index in [1.165, 1.54) is 5.56 Å². The van der Waals surface area contributed by atoms with Gasteiger partial charge in [0.25, 0.3) is 0 Å². The number of nitrogens with one attached hydrogen (secondary N) is 2. The molecule has 7 heteroatoms. The molecule has 0 fully saturated rings. The molecule has 25 heavy (non-hydrogen) atoms. The molecule has 0 saturated carbocycles. The van der Waals surface area contributed by atoms with E-state index in [0.717, 1.165) is 24.6 Å². The molecule has 2 rings (SSSR count). The lowest BCUT2D eigenvalue weighted by Crippen LogP contribution is -2.39. The summed E-state index contributed by atoms with van der Waals surface area (Å²) in [5.74, 6) is 1.93. The number of hydrogen-bond acceptors (Lipinski definition) is 4. The predicted octanol–water partition coefficient (Wildman–Crippen LogP) is 4.02. The minimum Gasteiger partial charge on any atom is -0.478 e. The summed E-state index contributed by atoms with van der Waals surface area (Å²) in [6, 6.07) is 6.07. The van der Waals surface area contributed by atoms with Crippen LogP contribution in [0.1, 0.15) is 37.8 Å². The van der Waals surface area contributed by atoms with Crippen molar-refractivity contribution >= 4 is 41.3 Å². The van der Waals surface area contributed by atoms with E-state index >= 15 is 0 Å². The van der Waals surface area contributed by atoms with Gasteiger partial charge in [-0.3, -0.25) is 0 Å². The number of pyridine rings is 1. The second-order valence-electron chi connectivity index (χ2n) is 5.47. The Morgan fingerprint density at radius 1 is 1.32 bits per heavy atom. The van der Waals surface area contributed by atoms with Crippen molar-refractivity contribution in [3.8, 4) is 5.88 Å². The van der Waals surface area contributed by atoms with Crippen LogP contribution in [0.5, 0.6) is 5.88 Å². The van der Waals surface area contributed by atoms with Crippen molar-refractivity contribution in [2.75, 3.05) is 19.7 Å². The molecule has 0 spiro atoms. The highest BCUT2D eigenvalue weighted by molar-refractivity contribution is 14.0. The molecule has 1 atom stereocenters. The fraction of sp³-hybridized carbons (Fsp3) is 0.444. The maximum atomic E-state index is 5.43. The van der Waals surface area contributed by atoms with E-state index in [0.29, 0.717) is 24.9 Å². The van der Waals surface area contributed by atoms with Crippen LogP contribution in [0.15, 0.2) is 40.1 Å². The summed E-state index contributed by atoms with van der Waals surface area (Å²) in [4.78, 5) is 8.83. The Labute approximate surface area is 171 Å². The summed E-state index contributed by atoms with van der Waals surface area (Å²) in [5, 5.41) is 11.0. The predicted molar refractivity (Wildman–Crippen MR) is 116 cm³/mol. The molecule has 5 nitrogen and oxygen atoms in total. The van der Waals surface area contributed by atoms with Crippen molar-refractivity contribution in [1.29, 1.82) is 0 Å². The van der Waals surface area contributed by atoms with Crippen molar-refractivity contribution in [2.24, 2.45) is 4.99 Å². The molecule has 0 bridgehead atoms. The topological polar surface area (TPSA) is 58.5 Å². The molecule has 0 amide bonds.